The van der Waals surface area contributed by atoms with Crippen LogP contribution in [0, 0.1) is 5.92 Å². The van der Waals surface area contributed by atoms with Crippen LogP contribution in [0.1, 0.15) is 50.5 Å². The van der Waals surface area contributed by atoms with Crippen LogP contribution in [-0.4, -0.2) is 64.8 Å². The molecule has 4 aliphatic rings. The second-order valence-corrected chi connectivity index (χ2v) is 10.9. The summed E-state index contributed by atoms with van der Waals surface area (Å²) >= 11 is 0. The number of rotatable bonds is 5. The van der Waals surface area contributed by atoms with Gasteiger partial charge in [0.15, 0.2) is 0 Å². The number of aromatic nitrogens is 1. The first-order valence-electron chi connectivity index (χ1n) is 13.5. The molecule has 5 heterocycles. The number of hydrogen-bond donors (Lipinski definition) is 1. The molecule has 1 fully saturated rings. The Morgan fingerprint density at radius 1 is 0.846 bits per heavy atom. The summed E-state index contributed by atoms with van der Waals surface area (Å²) in [5.41, 5.74) is 3.45. The van der Waals surface area contributed by atoms with E-state index in [0.717, 1.165) is 37.3 Å². The van der Waals surface area contributed by atoms with Crippen LogP contribution in [0.15, 0.2) is 71.5 Å². The third kappa shape index (κ3) is 3.87. The fourth-order valence-electron chi connectivity index (χ4n) is 6.88. The van der Waals surface area contributed by atoms with Gasteiger partial charge in [0.05, 0.1) is 11.3 Å². The molecule has 2 bridgehead atoms. The van der Waals surface area contributed by atoms with E-state index < -0.39 is 6.17 Å². The van der Waals surface area contributed by atoms with Crippen LogP contribution >= 0.6 is 0 Å². The van der Waals surface area contributed by atoms with Gasteiger partial charge in [-0.3, -0.25) is 24.1 Å². The molecule has 0 spiro atoms. The van der Waals surface area contributed by atoms with Crippen molar-refractivity contribution in [1.29, 1.82) is 0 Å². The van der Waals surface area contributed by atoms with E-state index in [2.05, 4.69) is 16.3 Å². The van der Waals surface area contributed by atoms with Gasteiger partial charge in [-0.2, -0.15) is 0 Å². The Morgan fingerprint density at radius 3 is 2.51 bits per heavy atom. The number of fused-ring (bicyclic) bond motifs is 9. The van der Waals surface area contributed by atoms with E-state index >= 15 is 0 Å². The third-order valence-corrected chi connectivity index (χ3v) is 8.50. The number of hydrogen-bond acceptors (Lipinski definition) is 5. The molecule has 9 nitrogen and oxygen atoms in total. The summed E-state index contributed by atoms with van der Waals surface area (Å²) in [5.74, 6) is 0.0569. The minimum atomic E-state index is -0.646. The molecule has 1 saturated heterocycles. The molecular weight excluding hydrogens is 494 g/mol. The van der Waals surface area contributed by atoms with Gasteiger partial charge in [-0.15, -0.1) is 0 Å². The summed E-state index contributed by atoms with van der Waals surface area (Å²) in [6.07, 6.45) is 0.440. The summed E-state index contributed by atoms with van der Waals surface area (Å²) < 4.78 is 1.92. The highest BCUT2D eigenvalue weighted by Crippen LogP contribution is 2.45. The number of amides is 3. The smallest absolute Gasteiger partial charge is 0.260 e. The average molecular weight is 524 g/mol. The largest absolute Gasteiger partial charge is 0.353 e. The third-order valence-electron chi connectivity index (χ3n) is 8.50. The maximum absolute atomic E-state index is 13.5. The zero-order valence-electron chi connectivity index (χ0n) is 21.5. The lowest BCUT2D eigenvalue weighted by Crippen LogP contribution is -2.52. The summed E-state index contributed by atoms with van der Waals surface area (Å²) in [6.45, 7) is 3.51. The standard InChI is InChI=1S/C30H29N5O4/c36-26(31-12-13-32-15-19-14-20(17-32)24-10-5-11-27(37)33(24)16-19)18-34-28-21-6-1-2-7-22(21)30(39)35(28)25-9-4-3-8-23(25)29(34)38/h1-11,19-20,28H,12-18H2,(H,31,36)/t19-,20+,28-/m1/s1. The van der Waals surface area contributed by atoms with Crippen molar-refractivity contribution in [3.8, 4) is 0 Å². The van der Waals surface area contributed by atoms with E-state index in [9.17, 15) is 19.2 Å². The highest BCUT2D eigenvalue weighted by atomic mass is 16.2. The van der Waals surface area contributed by atoms with Gasteiger partial charge in [-0.25, -0.2) is 0 Å². The minimum absolute atomic E-state index is 0.0722. The highest BCUT2D eigenvalue weighted by molar-refractivity contribution is 6.17. The van der Waals surface area contributed by atoms with Crippen molar-refractivity contribution in [2.45, 2.75) is 25.0 Å². The minimum Gasteiger partial charge on any atom is -0.353 e. The molecule has 0 unspecified atom stereocenters. The predicted molar refractivity (Wildman–Crippen MR) is 144 cm³/mol. The van der Waals surface area contributed by atoms with Gasteiger partial charge in [-0.1, -0.05) is 36.4 Å². The number of para-hydroxylation sites is 1. The van der Waals surface area contributed by atoms with Gasteiger partial charge in [0, 0.05) is 61.5 Å². The van der Waals surface area contributed by atoms with Crippen LogP contribution in [0.2, 0.25) is 0 Å². The van der Waals surface area contributed by atoms with Crippen LogP contribution in [0.3, 0.4) is 0 Å². The summed E-state index contributed by atoms with van der Waals surface area (Å²) in [4.78, 5) is 57.8. The molecule has 0 aliphatic carbocycles. The van der Waals surface area contributed by atoms with Crippen molar-refractivity contribution in [1.82, 2.24) is 19.7 Å². The van der Waals surface area contributed by atoms with E-state index in [0.29, 0.717) is 41.7 Å². The Bertz CT molecular complexity index is 1560. The Morgan fingerprint density at radius 2 is 1.64 bits per heavy atom. The number of pyridine rings is 1. The number of nitrogens with one attached hydrogen (secondary N) is 1. The lowest BCUT2D eigenvalue weighted by Gasteiger charge is -2.43. The van der Waals surface area contributed by atoms with E-state index in [4.69, 9.17) is 0 Å². The molecular formula is C30H29N5O4. The molecule has 198 valence electrons. The molecule has 0 saturated carbocycles. The zero-order valence-corrected chi connectivity index (χ0v) is 21.5. The van der Waals surface area contributed by atoms with Gasteiger partial charge in [0.2, 0.25) is 5.91 Å². The topological polar surface area (TPSA) is 95.0 Å². The van der Waals surface area contributed by atoms with Crippen LogP contribution < -0.4 is 15.8 Å². The van der Waals surface area contributed by atoms with Crippen molar-refractivity contribution in [2.24, 2.45) is 5.92 Å². The van der Waals surface area contributed by atoms with Crippen molar-refractivity contribution >= 4 is 23.4 Å². The molecule has 7 rings (SSSR count). The molecule has 9 heteroatoms. The predicted octanol–water partition coefficient (Wildman–Crippen LogP) is 2.20. The van der Waals surface area contributed by atoms with Crippen LogP contribution in [0.4, 0.5) is 5.69 Å². The maximum Gasteiger partial charge on any atom is 0.260 e. The summed E-state index contributed by atoms with van der Waals surface area (Å²) in [6, 6.07) is 19.9. The lowest BCUT2D eigenvalue weighted by atomic mass is 9.83. The van der Waals surface area contributed by atoms with E-state index in [-0.39, 0.29) is 29.8 Å². The van der Waals surface area contributed by atoms with Gasteiger partial charge >= 0.3 is 0 Å². The molecule has 1 aromatic heterocycles. The van der Waals surface area contributed by atoms with Crippen molar-refractivity contribution in [3.05, 3.63) is 99.5 Å². The first kappa shape index (κ1) is 23.8. The normalized spacial score (nSPS) is 23.1. The zero-order chi connectivity index (χ0) is 26.7. The van der Waals surface area contributed by atoms with E-state index in [1.165, 1.54) is 4.90 Å². The molecule has 2 aromatic carbocycles. The summed E-state index contributed by atoms with van der Waals surface area (Å²) in [5, 5.41) is 3.00. The van der Waals surface area contributed by atoms with Gasteiger partial charge < -0.3 is 19.7 Å². The number of piperidine rings is 1. The van der Waals surface area contributed by atoms with Gasteiger partial charge in [-0.05, 0) is 36.6 Å². The molecule has 3 atom stereocenters. The summed E-state index contributed by atoms with van der Waals surface area (Å²) in [7, 11) is 0. The van der Waals surface area contributed by atoms with E-state index in [1.54, 1.807) is 35.2 Å². The van der Waals surface area contributed by atoms with Gasteiger partial charge in [0.25, 0.3) is 17.4 Å². The number of benzene rings is 2. The molecule has 3 aromatic rings. The Balaban J connectivity index is 1.04. The molecule has 4 aliphatic heterocycles. The molecule has 3 amide bonds. The number of carbonyl (C=O) groups excluding carboxylic acids is 3. The van der Waals surface area contributed by atoms with Crippen molar-refractivity contribution in [3.63, 3.8) is 0 Å². The second kappa shape index (κ2) is 9.20. The Labute approximate surface area is 225 Å². The first-order chi connectivity index (χ1) is 19.0. The van der Waals surface area contributed by atoms with Gasteiger partial charge in [0.1, 0.15) is 12.7 Å². The van der Waals surface area contributed by atoms with Crippen LogP contribution in [0.5, 0.6) is 0 Å². The number of anilines is 1. The number of carbonyl (C=O) groups is 3. The molecule has 0 radical (unpaired) electrons. The Hall–Kier alpha value is -4.24. The number of nitrogens with zero attached hydrogens (tertiary/aromatic N) is 4. The maximum atomic E-state index is 13.5. The fourth-order valence-corrected chi connectivity index (χ4v) is 6.88. The van der Waals surface area contributed by atoms with Crippen LogP contribution in [-0.2, 0) is 11.3 Å². The monoisotopic (exact) mass is 523 g/mol. The second-order valence-electron chi connectivity index (χ2n) is 10.9. The van der Waals surface area contributed by atoms with Crippen molar-refractivity contribution in [2.75, 3.05) is 37.6 Å². The highest BCUT2D eigenvalue weighted by Gasteiger charge is 2.48. The first-order valence-corrected chi connectivity index (χ1v) is 13.5. The SMILES string of the molecule is O=C(CN1C(=O)c2ccccc2N2C(=O)c3ccccc3[C@H]12)NCCN1C[C@H]2C[C@@H](C1)c1cccc(=O)n1C2. The Kier molecular flexibility index (Phi) is 5.62. The van der Waals surface area contributed by atoms with Crippen LogP contribution in [0.25, 0.3) is 0 Å². The molecule has 1 N–H and O–H groups in total. The lowest BCUT2D eigenvalue weighted by molar-refractivity contribution is -0.122. The number of likely N-dealkylation sites (tertiary alicyclic amines) is 1. The quantitative estimate of drug-likeness (QED) is 0.554. The molecule has 39 heavy (non-hydrogen) atoms. The average Bonchev–Trinajstić information content (AvgIpc) is 3.24. The van der Waals surface area contributed by atoms with Crippen molar-refractivity contribution < 1.29 is 14.4 Å². The fraction of sp³-hybridized carbons (Fsp3) is 0.333. The van der Waals surface area contributed by atoms with E-state index in [1.807, 2.05) is 34.9 Å².